The van der Waals surface area contributed by atoms with Crippen molar-refractivity contribution in [1.82, 2.24) is 14.7 Å². The van der Waals surface area contributed by atoms with Gasteiger partial charge in [0.2, 0.25) is 16.0 Å². The predicted octanol–water partition coefficient (Wildman–Crippen LogP) is -1.38. The molecule has 1 aromatic rings. The van der Waals surface area contributed by atoms with Crippen molar-refractivity contribution in [1.29, 1.82) is 0 Å². The molecule has 4 N–H and O–H groups in total. The van der Waals surface area contributed by atoms with Crippen LogP contribution in [0.3, 0.4) is 0 Å². The molecule has 1 aromatic heterocycles. The molecule has 1 saturated heterocycles. The molecule has 0 amide bonds. The van der Waals surface area contributed by atoms with Gasteiger partial charge in [0.25, 0.3) is 0 Å². The van der Waals surface area contributed by atoms with Crippen LogP contribution in [0.1, 0.15) is 13.3 Å². The van der Waals surface area contributed by atoms with E-state index >= 15 is 0 Å². The quantitative estimate of drug-likeness (QED) is 0.454. The molecule has 0 aromatic carbocycles. The van der Waals surface area contributed by atoms with Crippen molar-refractivity contribution >= 4 is 25.8 Å². The largest absolute Gasteiger partial charge is 0.292 e. The van der Waals surface area contributed by atoms with E-state index in [9.17, 15) is 16.8 Å². The number of nitrogens with two attached hydrogens (primary N) is 1. The van der Waals surface area contributed by atoms with Gasteiger partial charge >= 0.3 is 0 Å². The third kappa shape index (κ3) is 3.23. The minimum Gasteiger partial charge on any atom is -0.292 e. The number of rotatable bonds is 4. The topological polar surface area (TPSA) is 144 Å². The summed E-state index contributed by atoms with van der Waals surface area (Å²) in [5, 5.41) is 0. The molecule has 0 saturated carbocycles. The Hall–Kier alpha value is -1.30. The zero-order chi connectivity index (χ0) is 15.0. The number of nitrogens with zero attached hydrogens (tertiary/aromatic N) is 2. The van der Waals surface area contributed by atoms with E-state index in [-0.39, 0.29) is 28.8 Å². The average molecular weight is 321 g/mol. The fourth-order valence-corrected chi connectivity index (χ4v) is 5.51. The van der Waals surface area contributed by atoms with Gasteiger partial charge in [0, 0.05) is 5.54 Å². The van der Waals surface area contributed by atoms with E-state index in [4.69, 9.17) is 5.84 Å². The van der Waals surface area contributed by atoms with Crippen LogP contribution in [0.25, 0.3) is 0 Å². The standard InChI is InChI=1S/C9H15N5O4S2/c1-9(2-3-19(15,16)6-9)14-20(17,18)7-4-11-8(13-10)12-5-7/h4-5,14H,2-3,6,10H2,1H3,(H,11,12,13). The van der Waals surface area contributed by atoms with Crippen LogP contribution in [-0.2, 0) is 19.9 Å². The number of nitrogen functional groups attached to an aromatic ring is 1. The van der Waals surface area contributed by atoms with E-state index in [1.54, 1.807) is 6.92 Å². The summed E-state index contributed by atoms with van der Waals surface area (Å²) in [4.78, 5) is 7.26. The van der Waals surface area contributed by atoms with Gasteiger partial charge in [0.05, 0.1) is 23.9 Å². The smallest absolute Gasteiger partial charge is 0.244 e. The van der Waals surface area contributed by atoms with Gasteiger partial charge in [-0.25, -0.2) is 37.4 Å². The summed E-state index contributed by atoms with van der Waals surface area (Å²) in [6.07, 6.45) is 2.42. The molecular formula is C9H15N5O4S2. The monoisotopic (exact) mass is 321 g/mol. The molecule has 0 radical (unpaired) electrons. The maximum absolute atomic E-state index is 12.2. The lowest BCUT2D eigenvalue weighted by Crippen LogP contribution is -2.46. The highest BCUT2D eigenvalue weighted by atomic mass is 32.2. The van der Waals surface area contributed by atoms with E-state index in [0.29, 0.717) is 0 Å². The van der Waals surface area contributed by atoms with E-state index in [2.05, 4.69) is 20.1 Å². The number of hydrogen-bond acceptors (Lipinski definition) is 8. The first-order valence-corrected chi connectivity index (χ1v) is 8.99. The second kappa shape index (κ2) is 4.91. The van der Waals surface area contributed by atoms with Crippen LogP contribution in [-0.4, -0.2) is 43.8 Å². The van der Waals surface area contributed by atoms with Crippen LogP contribution in [0.5, 0.6) is 0 Å². The fourth-order valence-electron chi connectivity index (χ4n) is 2.00. The van der Waals surface area contributed by atoms with Gasteiger partial charge in [-0.15, -0.1) is 0 Å². The van der Waals surface area contributed by atoms with Crippen molar-refractivity contribution in [2.24, 2.45) is 5.84 Å². The molecule has 112 valence electrons. The number of hydrazine groups is 1. The first-order chi connectivity index (χ1) is 9.16. The summed E-state index contributed by atoms with van der Waals surface area (Å²) in [5.41, 5.74) is 1.17. The minimum atomic E-state index is -3.89. The van der Waals surface area contributed by atoms with Crippen molar-refractivity contribution in [2.45, 2.75) is 23.8 Å². The van der Waals surface area contributed by atoms with Crippen LogP contribution < -0.4 is 16.0 Å². The lowest BCUT2D eigenvalue weighted by Gasteiger charge is -2.23. The van der Waals surface area contributed by atoms with Crippen LogP contribution in [0.4, 0.5) is 5.95 Å². The molecule has 1 unspecified atom stereocenters. The second-order valence-electron chi connectivity index (χ2n) is 4.89. The van der Waals surface area contributed by atoms with Crippen molar-refractivity contribution in [2.75, 3.05) is 16.9 Å². The van der Waals surface area contributed by atoms with E-state index in [1.807, 2.05) is 0 Å². The van der Waals surface area contributed by atoms with Crippen molar-refractivity contribution in [3.8, 4) is 0 Å². The van der Waals surface area contributed by atoms with E-state index < -0.39 is 25.4 Å². The molecule has 0 spiro atoms. The van der Waals surface area contributed by atoms with Gasteiger partial charge in [-0.05, 0) is 13.3 Å². The summed E-state index contributed by atoms with van der Waals surface area (Å²) < 4.78 is 49.7. The number of nitrogens with one attached hydrogen (secondary N) is 2. The molecule has 1 atom stereocenters. The van der Waals surface area contributed by atoms with Gasteiger partial charge in [0.1, 0.15) is 4.90 Å². The number of anilines is 1. The maximum Gasteiger partial charge on any atom is 0.244 e. The highest BCUT2D eigenvalue weighted by molar-refractivity contribution is 7.92. The van der Waals surface area contributed by atoms with E-state index in [1.165, 1.54) is 0 Å². The van der Waals surface area contributed by atoms with Gasteiger partial charge < -0.3 is 0 Å². The Bertz CT molecular complexity index is 700. The fraction of sp³-hybridized carbons (Fsp3) is 0.556. The second-order valence-corrected chi connectivity index (χ2v) is 8.76. The summed E-state index contributed by atoms with van der Waals surface area (Å²) >= 11 is 0. The van der Waals surface area contributed by atoms with Gasteiger partial charge in [-0.2, -0.15) is 0 Å². The number of aromatic nitrogens is 2. The maximum atomic E-state index is 12.2. The Morgan fingerprint density at radius 2 is 1.95 bits per heavy atom. The lowest BCUT2D eigenvalue weighted by molar-refractivity contribution is 0.461. The highest BCUT2D eigenvalue weighted by Crippen LogP contribution is 2.25. The Morgan fingerprint density at radius 1 is 1.35 bits per heavy atom. The third-order valence-electron chi connectivity index (χ3n) is 2.95. The molecule has 2 rings (SSSR count). The molecule has 20 heavy (non-hydrogen) atoms. The van der Waals surface area contributed by atoms with Gasteiger partial charge in [-0.3, -0.25) is 5.43 Å². The number of sulfone groups is 1. The number of hydrogen-bond donors (Lipinski definition) is 3. The highest BCUT2D eigenvalue weighted by Gasteiger charge is 2.41. The van der Waals surface area contributed by atoms with Crippen molar-refractivity contribution in [3.63, 3.8) is 0 Å². The average Bonchev–Trinajstić information content (AvgIpc) is 2.62. The van der Waals surface area contributed by atoms with Crippen LogP contribution >= 0.6 is 0 Å². The molecule has 1 fully saturated rings. The molecule has 1 aliphatic heterocycles. The molecule has 0 aliphatic carbocycles. The molecule has 11 heteroatoms. The van der Waals surface area contributed by atoms with Gasteiger partial charge in [0.15, 0.2) is 9.84 Å². The van der Waals surface area contributed by atoms with Crippen LogP contribution in [0, 0.1) is 0 Å². The summed E-state index contributed by atoms with van der Waals surface area (Å²) in [6, 6.07) is 0. The summed E-state index contributed by atoms with van der Waals surface area (Å²) in [7, 11) is -7.09. The Balaban J connectivity index is 2.23. The minimum absolute atomic E-state index is 0.0292. The first kappa shape index (κ1) is 15.1. The predicted molar refractivity (Wildman–Crippen MR) is 71.8 cm³/mol. The molecule has 9 nitrogen and oxygen atoms in total. The summed E-state index contributed by atoms with van der Waals surface area (Å²) in [6.45, 7) is 1.56. The van der Waals surface area contributed by atoms with E-state index in [0.717, 1.165) is 12.4 Å². The van der Waals surface area contributed by atoms with Crippen LogP contribution in [0.15, 0.2) is 17.3 Å². The van der Waals surface area contributed by atoms with Gasteiger partial charge in [-0.1, -0.05) is 0 Å². The Labute approximate surface area is 116 Å². The Morgan fingerprint density at radius 3 is 2.40 bits per heavy atom. The normalized spacial score (nSPS) is 25.5. The number of sulfonamides is 1. The molecular weight excluding hydrogens is 306 g/mol. The zero-order valence-corrected chi connectivity index (χ0v) is 12.3. The molecule has 2 heterocycles. The van der Waals surface area contributed by atoms with Crippen LogP contribution in [0.2, 0.25) is 0 Å². The Kier molecular flexibility index (Phi) is 3.71. The third-order valence-corrected chi connectivity index (χ3v) is 6.45. The van der Waals surface area contributed by atoms with Crippen molar-refractivity contribution in [3.05, 3.63) is 12.4 Å². The molecule has 1 aliphatic rings. The SMILES string of the molecule is CC1(NS(=O)(=O)c2cnc(NN)nc2)CCS(=O)(=O)C1. The van der Waals surface area contributed by atoms with Crippen molar-refractivity contribution < 1.29 is 16.8 Å². The molecule has 0 bridgehead atoms. The first-order valence-electron chi connectivity index (χ1n) is 5.69. The summed E-state index contributed by atoms with van der Waals surface area (Å²) in [5.74, 6) is 4.92. The zero-order valence-electron chi connectivity index (χ0n) is 10.7. The lowest BCUT2D eigenvalue weighted by atomic mass is 10.0.